The van der Waals surface area contributed by atoms with Crippen molar-refractivity contribution in [3.05, 3.63) is 72.5 Å². The van der Waals surface area contributed by atoms with Crippen LogP contribution in [0.3, 0.4) is 0 Å². The zero-order chi connectivity index (χ0) is 22.3. The van der Waals surface area contributed by atoms with E-state index in [4.69, 9.17) is 4.74 Å². The third-order valence-electron chi connectivity index (χ3n) is 4.70. The fraction of sp³-hybridized carbons (Fsp3) is 0.261. The van der Waals surface area contributed by atoms with Crippen LogP contribution in [0.4, 0.5) is 10.1 Å². The van der Waals surface area contributed by atoms with E-state index in [1.165, 1.54) is 18.2 Å². The van der Waals surface area contributed by atoms with Crippen molar-refractivity contribution in [3.63, 3.8) is 0 Å². The highest BCUT2D eigenvalue weighted by Crippen LogP contribution is 2.22. The number of sulfonamides is 1. The van der Waals surface area contributed by atoms with Crippen LogP contribution in [-0.2, 0) is 14.8 Å². The Morgan fingerprint density at radius 3 is 2.48 bits per heavy atom. The number of hydrogen-bond donors (Lipinski definition) is 1. The Hall–Kier alpha value is -3.13. The number of halogens is 1. The van der Waals surface area contributed by atoms with E-state index in [9.17, 15) is 17.6 Å². The molecule has 8 heteroatoms. The fourth-order valence-electron chi connectivity index (χ4n) is 3.21. The lowest BCUT2D eigenvalue weighted by atomic mass is 10.1. The predicted octanol–water partition coefficient (Wildman–Crippen LogP) is 3.72. The SMILES string of the molecule is CS(=O)(=O)N(CCCC(=O)NCCOc1ccc2ccccc2c1)c1ccccc1F. The molecule has 0 aromatic heterocycles. The summed E-state index contributed by atoms with van der Waals surface area (Å²) in [7, 11) is -3.66. The number of nitrogens with one attached hydrogen (secondary N) is 1. The highest BCUT2D eigenvalue weighted by molar-refractivity contribution is 7.92. The van der Waals surface area contributed by atoms with E-state index < -0.39 is 15.8 Å². The minimum absolute atomic E-state index is 0.0147. The summed E-state index contributed by atoms with van der Waals surface area (Å²) < 4.78 is 44.7. The second-order valence-corrected chi connectivity index (χ2v) is 9.00. The zero-order valence-corrected chi connectivity index (χ0v) is 18.1. The van der Waals surface area contributed by atoms with Crippen LogP contribution in [0, 0.1) is 5.82 Å². The van der Waals surface area contributed by atoms with Gasteiger partial charge in [-0.15, -0.1) is 0 Å². The highest BCUT2D eigenvalue weighted by atomic mass is 32.2. The van der Waals surface area contributed by atoms with E-state index in [0.29, 0.717) is 13.2 Å². The van der Waals surface area contributed by atoms with Crippen molar-refractivity contribution in [2.45, 2.75) is 12.8 Å². The summed E-state index contributed by atoms with van der Waals surface area (Å²) in [4.78, 5) is 12.1. The lowest BCUT2D eigenvalue weighted by molar-refractivity contribution is -0.121. The first kappa shape index (κ1) is 22.6. The molecule has 3 rings (SSSR count). The summed E-state index contributed by atoms with van der Waals surface area (Å²) in [6.07, 6.45) is 1.40. The number of nitrogens with zero attached hydrogens (tertiary/aromatic N) is 1. The number of hydrogen-bond acceptors (Lipinski definition) is 4. The van der Waals surface area contributed by atoms with Gasteiger partial charge in [-0.3, -0.25) is 9.10 Å². The Kier molecular flexibility index (Phi) is 7.46. The molecule has 164 valence electrons. The molecule has 0 saturated heterocycles. The van der Waals surface area contributed by atoms with Crippen molar-refractivity contribution < 1.29 is 22.3 Å². The molecular weight excluding hydrogens is 419 g/mol. The molecule has 0 saturated carbocycles. The maximum Gasteiger partial charge on any atom is 0.232 e. The largest absolute Gasteiger partial charge is 0.492 e. The molecular formula is C23H25FN2O4S. The first-order valence-corrected chi connectivity index (χ1v) is 11.8. The third kappa shape index (κ3) is 6.42. The molecule has 0 aliphatic carbocycles. The molecule has 3 aromatic rings. The minimum Gasteiger partial charge on any atom is -0.492 e. The van der Waals surface area contributed by atoms with E-state index in [-0.39, 0.29) is 31.0 Å². The first-order valence-electron chi connectivity index (χ1n) is 9.95. The molecule has 0 heterocycles. The molecule has 1 N–H and O–H groups in total. The van der Waals surface area contributed by atoms with Gasteiger partial charge in [0.25, 0.3) is 0 Å². The zero-order valence-electron chi connectivity index (χ0n) is 17.3. The van der Waals surface area contributed by atoms with Crippen molar-refractivity contribution in [2.75, 3.05) is 30.3 Å². The number of fused-ring (bicyclic) bond motifs is 1. The van der Waals surface area contributed by atoms with Crippen molar-refractivity contribution in [1.29, 1.82) is 0 Å². The lowest BCUT2D eigenvalue weighted by Gasteiger charge is -2.22. The van der Waals surface area contributed by atoms with Crippen LogP contribution in [0.2, 0.25) is 0 Å². The number of benzene rings is 3. The van der Waals surface area contributed by atoms with Gasteiger partial charge in [-0.25, -0.2) is 12.8 Å². The Morgan fingerprint density at radius 2 is 1.74 bits per heavy atom. The maximum atomic E-state index is 14.0. The number of carbonyl (C=O) groups is 1. The van der Waals surface area contributed by atoms with E-state index in [1.54, 1.807) is 6.07 Å². The molecule has 0 radical (unpaired) electrons. The lowest BCUT2D eigenvalue weighted by Crippen LogP contribution is -2.33. The van der Waals surface area contributed by atoms with Crippen LogP contribution < -0.4 is 14.4 Å². The number of carbonyl (C=O) groups excluding carboxylic acids is 1. The van der Waals surface area contributed by atoms with Gasteiger partial charge in [-0.2, -0.15) is 0 Å². The van der Waals surface area contributed by atoms with E-state index >= 15 is 0 Å². The number of amides is 1. The van der Waals surface area contributed by atoms with Gasteiger partial charge in [0.05, 0.1) is 18.5 Å². The molecule has 6 nitrogen and oxygen atoms in total. The molecule has 0 fully saturated rings. The topological polar surface area (TPSA) is 75.7 Å². The van der Waals surface area contributed by atoms with Gasteiger partial charge in [0.1, 0.15) is 18.2 Å². The summed E-state index contributed by atoms with van der Waals surface area (Å²) in [5, 5.41) is 4.95. The third-order valence-corrected chi connectivity index (χ3v) is 5.88. The standard InChI is InChI=1S/C23H25FN2O4S/c1-31(28,29)26(22-10-5-4-9-21(22)24)15-6-11-23(27)25-14-16-30-20-13-12-18-7-2-3-8-19(18)17-20/h2-5,7-10,12-13,17H,6,11,14-16H2,1H3,(H,25,27). The van der Waals surface area contributed by atoms with Gasteiger partial charge >= 0.3 is 0 Å². The van der Waals surface area contributed by atoms with Gasteiger partial charge in [-0.1, -0.05) is 42.5 Å². The van der Waals surface area contributed by atoms with Crippen LogP contribution in [0.15, 0.2) is 66.7 Å². The van der Waals surface area contributed by atoms with E-state index in [1.807, 2.05) is 42.5 Å². The Bertz CT molecular complexity index is 1150. The second kappa shape index (κ2) is 10.3. The smallest absolute Gasteiger partial charge is 0.232 e. The van der Waals surface area contributed by atoms with Crippen molar-refractivity contribution in [3.8, 4) is 5.75 Å². The van der Waals surface area contributed by atoms with E-state index in [2.05, 4.69) is 5.32 Å². The fourth-order valence-corrected chi connectivity index (χ4v) is 4.17. The number of para-hydroxylation sites is 1. The summed E-state index contributed by atoms with van der Waals surface area (Å²) in [6.45, 7) is 0.657. The predicted molar refractivity (Wildman–Crippen MR) is 120 cm³/mol. The molecule has 0 spiro atoms. The average Bonchev–Trinajstić information content (AvgIpc) is 2.74. The van der Waals surface area contributed by atoms with Gasteiger partial charge in [-0.05, 0) is 41.5 Å². The normalized spacial score (nSPS) is 11.3. The Labute approximate surface area is 181 Å². The van der Waals surface area contributed by atoms with Crippen LogP contribution in [0.5, 0.6) is 5.75 Å². The summed E-state index contributed by atoms with van der Waals surface area (Å²) >= 11 is 0. The second-order valence-electron chi connectivity index (χ2n) is 7.10. The van der Waals surface area contributed by atoms with Crippen LogP contribution in [0.1, 0.15) is 12.8 Å². The molecule has 0 aliphatic heterocycles. The molecule has 0 bridgehead atoms. The number of anilines is 1. The highest BCUT2D eigenvalue weighted by Gasteiger charge is 2.20. The van der Waals surface area contributed by atoms with Crippen LogP contribution >= 0.6 is 0 Å². The Balaban J connectivity index is 1.42. The first-order chi connectivity index (χ1) is 14.8. The molecule has 0 aliphatic rings. The molecule has 31 heavy (non-hydrogen) atoms. The monoisotopic (exact) mass is 444 g/mol. The van der Waals surface area contributed by atoms with Crippen LogP contribution in [0.25, 0.3) is 10.8 Å². The quantitative estimate of drug-likeness (QED) is 0.484. The number of rotatable bonds is 10. The summed E-state index contributed by atoms with van der Waals surface area (Å²) in [6, 6.07) is 19.4. The molecule has 1 amide bonds. The van der Waals surface area contributed by atoms with Crippen LogP contribution in [-0.4, -0.2) is 40.3 Å². The van der Waals surface area contributed by atoms with E-state index in [0.717, 1.165) is 27.1 Å². The van der Waals surface area contributed by atoms with Crippen molar-refractivity contribution >= 4 is 32.4 Å². The molecule has 0 unspecified atom stereocenters. The van der Waals surface area contributed by atoms with Crippen molar-refractivity contribution in [2.24, 2.45) is 0 Å². The average molecular weight is 445 g/mol. The summed E-state index contributed by atoms with van der Waals surface area (Å²) in [5.74, 6) is -0.117. The molecule has 0 atom stereocenters. The van der Waals surface area contributed by atoms with Gasteiger partial charge in [0.15, 0.2) is 0 Å². The molecule has 3 aromatic carbocycles. The van der Waals surface area contributed by atoms with Crippen molar-refractivity contribution in [1.82, 2.24) is 5.32 Å². The minimum atomic E-state index is -3.66. The van der Waals surface area contributed by atoms with Gasteiger partial charge in [0, 0.05) is 13.0 Å². The summed E-state index contributed by atoms with van der Waals surface area (Å²) in [5.41, 5.74) is -0.0193. The number of ether oxygens (including phenoxy) is 1. The Morgan fingerprint density at radius 1 is 1.03 bits per heavy atom. The maximum absolute atomic E-state index is 14.0. The van der Waals surface area contributed by atoms with Gasteiger partial charge < -0.3 is 10.1 Å². The van der Waals surface area contributed by atoms with Gasteiger partial charge in [0.2, 0.25) is 15.9 Å².